The fraction of sp³-hybridized carbons (Fsp3) is 0.182. The first-order chi connectivity index (χ1) is 14.3. The molecular formula is C22H19N5O2. The van der Waals surface area contributed by atoms with Gasteiger partial charge in [0.25, 0.3) is 0 Å². The third-order valence-corrected chi connectivity index (χ3v) is 4.90. The third kappa shape index (κ3) is 3.36. The minimum absolute atomic E-state index is 0.0425. The number of hydrogen-bond acceptors (Lipinski definition) is 7. The number of pyridine rings is 2. The molecule has 0 spiro atoms. The number of hydrogen-bond donors (Lipinski definition) is 1. The van der Waals surface area contributed by atoms with Gasteiger partial charge in [0.05, 0.1) is 24.4 Å². The van der Waals surface area contributed by atoms with Crippen LogP contribution in [0.2, 0.25) is 0 Å². The number of nitrogens with zero attached hydrogens (tertiary/aromatic N) is 5. The molecule has 0 aliphatic carbocycles. The maximum absolute atomic E-state index is 10.5. The van der Waals surface area contributed by atoms with Gasteiger partial charge in [-0.1, -0.05) is 30.3 Å². The van der Waals surface area contributed by atoms with Crippen molar-refractivity contribution in [2.75, 3.05) is 31.2 Å². The molecule has 0 amide bonds. The van der Waals surface area contributed by atoms with E-state index < -0.39 is 0 Å². The number of benzene rings is 1. The Morgan fingerprint density at radius 3 is 2.52 bits per heavy atom. The van der Waals surface area contributed by atoms with Gasteiger partial charge in [-0.2, -0.15) is 0 Å². The van der Waals surface area contributed by atoms with E-state index in [0.29, 0.717) is 30.2 Å². The highest BCUT2D eigenvalue weighted by molar-refractivity contribution is 5.87. The molecule has 3 aromatic heterocycles. The van der Waals surface area contributed by atoms with Gasteiger partial charge in [0.1, 0.15) is 17.0 Å². The van der Waals surface area contributed by atoms with E-state index in [9.17, 15) is 5.11 Å². The molecule has 1 N–H and O–H groups in total. The summed E-state index contributed by atoms with van der Waals surface area (Å²) in [6, 6.07) is 17.0. The molecule has 0 radical (unpaired) electrons. The normalized spacial score (nSPS) is 14.3. The molecular weight excluding hydrogens is 366 g/mol. The van der Waals surface area contributed by atoms with Gasteiger partial charge in [-0.15, -0.1) is 0 Å². The van der Waals surface area contributed by atoms with Crippen LogP contribution in [0.15, 0.2) is 60.8 Å². The molecule has 1 aliphatic heterocycles. The van der Waals surface area contributed by atoms with Crippen LogP contribution in [-0.4, -0.2) is 51.3 Å². The molecule has 1 aromatic carbocycles. The second-order valence-corrected chi connectivity index (χ2v) is 6.77. The molecule has 0 saturated carbocycles. The lowest BCUT2D eigenvalue weighted by Crippen LogP contribution is -2.37. The number of ether oxygens (including phenoxy) is 1. The smallest absolute Gasteiger partial charge is 0.184 e. The summed E-state index contributed by atoms with van der Waals surface area (Å²) in [7, 11) is 0. The van der Waals surface area contributed by atoms with Crippen molar-refractivity contribution in [3.05, 3.63) is 60.8 Å². The van der Waals surface area contributed by atoms with Crippen LogP contribution in [-0.2, 0) is 4.74 Å². The summed E-state index contributed by atoms with van der Waals surface area (Å²) >= 11 is 0. The van der Waals surface area contributed by atoms with Gasteiger partial charge in [-0.3, -0.25) is 4.98 Å². The van der Waals surface area contributed by atoms with Crippen molar-refractivity contribution < 1.29 is 9.84 Å². The fourth-order valence-electron chi connectivity index (χ4n) is 3.44. The number of aromatic hydroxyl groups is 1. The standard InChI is InChI=1S/C22H19N5O2/c28-18-9-8-16(15-5-2-1-3-6-15)24-20(18)21-25-17-7-4-10-23-19(17)22(26-21)27-11-13-29-14-12-27/h1-10,28H,11-14H2. The summed E-state index contributed by atoms with van der Waals surface area (Å²) in [4.78, 5) is 20.7. The second kappa shape index (κ2) is 7.44. The molecule has 144 valence electrons. The highest BCUT2D eigenvalue weighted by Crippen LogP contribution is 2.31. The molecule has 0 atom stereocenters. The summed E-state index contributed by atoms with van der Waals surface area (Å²) in [5.74, 6) is 1.16. The maximum atomic E-state index is 10.5. The Hall–Kier alpha value is -3.58. The number of rotatable bonds is 3. The van der Waals surface area contributed by atoms with Gasteiger partial charge in [0.15, 0.2) is 11.6 Å². The van der Waals surface area contributed by atoms with Gasteiger partial charge in [0.2, 0.25) is 0 Å². The Kier molecular flexibility index (Phi) is 4.50. The summed E-state index contributed by atoms with van der Waals surface area (Å²) in [5, 5.41) is 10.5. The first kappa shape index (κ1) is 17.5. The van der Waals surface area contributed by atoms with Crippen LogP contribution in [0.1, 0.15) is 0 Å². The van der Waals surface area contributed by atoms with Crippen molar-refractivity contribution in [2.45, 2.75) is 0 Å². The van der Waals surface area contributed by atoms with Gasteiger partial charge < -0.3 is 14.7 Å². The number of aromatic nitrogens is 4. The Labute approximate surface area is 167 Å². The lowest BCUT2D eigenvalue weighted by molar-refractivity contribution is 0.122. The Morgan fingerprint density at radius 1 is 0.862 bits per heavy atom. The van der Waals surface area contributed by atoms with E-state index in [1.165, 1.54) is 0 Å². The monoisotopic (exact) mass is 385 g/mol. The fourth-order valence-corrected chi connectivity index (χ4v) is 3.44. The minimum Gasteiger partial charge on any atom is -0.506 e. The van der Waals surface area contributed by atoms with Crippen molar-refractivity contribution in [1.29, 1.82) is 0 Å². The highest BCUT2D eigenvalue weighted by atomic mass is 16.5. The second-order valence-electron chi connectivity index (χ2n) is 6.77. The van der Waals surface area contributed by atoms with Crippen molar-refractivity contribution >= 4 is 16.9 Å². The van der Waals surface area contributed by atoms with E-state index in [0.717, 1.165) is 35.7 Å². The molecule has 4 aromatic rings. The maximum Gasteiger partial charge on any atom is 0.184 e. The van der Waals surface area contributed by atoms with Crippen LogP contribution in [0.4, 0.5) is 5.82 Å². The van der Waals surface area contributed by atoms with Crippen LogP contribution < -0.4 is 4.90 Å². The highest BCUT2D eigenvalue weighted by Gasteiger charge is 2.20. The van der Waals surface area contributed by atoms with Crippen molar-refractivity contribution in [3.63, 3.8) is 0 Å². The molecule has 7 heteroatoms. The van der Waals surface area contributed by atoms with E-state index in [4.69, 9.17) is 9.72 Å². The average Bonchev–Trinajstić information content (AvgIpc) is 2.80. The van der Waals surface area contributed by atoms with E-state index >= 15 is 0 Å². The summed E-state index contributed by atoms with van der Waals surface area (Å²) in [6.07, 6.45) is 1.74. The van der Waals surface area contributed by atoms with E-state index in [-0.39, 0.29) is 5.75 Å². The lowest BCUT2D eigenvalue weighted by Gasteiger charge is -2.28. The summed E-state index contributed by atoms with van der Waals surface area (Å²) in [5.41, 5.74) is 3.51. The van der Waals surface area contributed by atoms with Crippen molar-refractivity contribution in [2.24, 2.45) is 0 Å². The van der Waals surface area contributed by atoms with Crippen LogP contribution in [0.5, 0.6) is 5.75 Å². The molecule has 0 bridgehead atoms. The van der Waals surface area contributed by atoms with E-state index in [1.807, 2.05) is 42.5 Å². The minimum atomic E-state index is 0.0425. The first-order valence-electron chi connectivity index (χ1n) is 9.51. The van der Waals surface area contributed by atoms with Crippen LogP contribution in [0, 0.1) is 0 Å². The van der Waals surface area contributed by atoms with Crippen molar-refractivity contribution in [1.82, 2.24) is 19.9 Å². The van der Waals surface area contributed by atoms with Crippen LogP contribution in [0.25, 0.3) is 33.8 Å². The van der Waals surface area contributed by atoms with Gasteiger partial charge in [-0.25, -0.2) is 15.0 Å². The van der Waals surface area contributed by atoms with E-state index in [1.54, 1.807) is 18.3 Å². The summed E-state index contributed by atoms with van der Waals surface area (Å²) < 4.78 is 5.47. The zero-order chi connectivity index (χ0) is 19.6. The molecule has 1 saturated heterocycles. The largest absolute Gasteiger partial charge is 0.506 e. The van der Waals surface area contributed by atoms with Gasteiger partial charge >= 0.3 is 0 Å². The topological polar surface area (TPSA) is 84.3 Å². The molecule has 29 heavy (non-hydrogen) atoms. The molecule has 0 unspecified atom stereocenters. The first-order valence-corrected chi connectivity index (χ1v) is 9.51. The van der Waals surface area contributed by atoms with Gasteiger partial charge in [-0.05, 0) is 24.3 Å². The Balaban J connectivity index is 1.67. The number of morpholine rings is 1. The molecule has 1 fully saturated rings. The molecule has 7 nitrogen and oxygen atoms in total. The zero-order valence-electron chi connectivity index (χ0n) is 15.7. The van der Waals surface area contributed by atoms with Crippen molar-refractivity contribution in [3.8, 4) is 28.5 Å². The molecule has 4 heterocycles. The Morgan fingerprint density at radius 2 is 1.69 bits per heavy atom. The zero-order valence-corrected chi connectivity index (χ0v) is 15.7. The number of anilines is 1. The summed E-state index contributed by atoms with van der Waals surface area (Å²) in [6.45, 7) is 2.73. The Bertz CT molecular complexity index is 1160. The van der Waals surface area contributed by atoms with Gasteiger partial charge in [0, 0.05) is 24.8 Å². The van der Waals surface area contributed by atoms with Crippen LogP contribution >= 0.6 is 0 Å². The quantitative estimate of drug-likeness (QED) is 0.579. The SMILES string of the molecule is Oc1ccc(-c2ccccc2)nc1-c1nc(N2CCOCC2)c2ncccc2n1. The predicted octanol–water partition coefficient (Wildman–Crippen LogP) is 3.30. The number of fused-ring (bicyclic) bond motifs is 1. The average molecular weight is 385 g/mol. The molecule has 5 rings (SSSR count). The molecule has 1 aliphatic rings. The van der Waals surface area contributed by atoms with E-state index in [2.05, 4.69) is 19.9 Å². The lowest BCUT2D eigenvalue weighted by atomic mass is 10.1. The third-order valence-electron chi connectivity index (χ3n) is 4.90. The van der Waals surface area contributed by atoms with Crippen LogP contribution in [0.3, 0.4) is 0 Å². The predicted molar refractivity (Wildman–Crippen MR) is 111 cm³/mol.